The van der Waals surface area contributed by atoms with Gasteiger partial charge < -0.3 is 5.32 Å². The van der Waals surface area contributed by atoms with Gasteiger partial charge in [-0.25, -0.2) is 0 Å². The summed E-state index contributed by atoms with van der Waals surface area (Å²) in [6.07, 6.45) is 0.839. The molecular formula is C10H10N2. The van der Waals surface area contributed by atoms with Gasteiger partial charge in [0.05, 0.1) is 6.07 Å². The van der Waals surface area contributed by atoms with Gasteiger partial charge in [0.15, 0.2) is 0 Å². The van der Waals surface area contributed by atoms with E-state index in [1.807, 2.05) is 0 Å². The van der Waals surface area contributed by atoms with Gasteiger partial charge in [0.25, 0.3) is 0 Å². The molecule has 0 aliphatic carbocycles. The standard InChI is InChI=1S/C10H10N2/c1-7-2-3-8-5-9(6-11)12-10(8)4-7/h2-4,9,12H,5H2,1H3. The summed E-state index contributed by atoms with van der Waals surface area (Å²) in [5.74, 6) is 0. The first-order chi connectivity index (χ1) is 5.79. The summed E-state index contributed by atoms with van der Waals surface area (Å²) in [5.41, 5.74) is 3.62. The van der Waals surface area contributed by atoms with Crippen LogP contribution in [0.15, 0.2) is 18.2 Å². The van der Waals surface area contributed by atoms with Gasteiger partial charge >= 0.3 is 0 Å². The van der Waals surface area contributed by atoms with E-state index in [0.29, 0.717) is 0 Å². The van der Waals surface area contributed by atoms with Crippen molar-refractivity contribution in [1.29, 1.82) is 5.26 Å². The Hall–Kier alpha value is -1.49. The second-order valence-electron chi connectivity index (χ2n) is 3.19. The second-order valence-corrected chi connectivity index (χ2v) is 3.19. The number of nitrogens with zero attached hydrogens (tertiary/aromatic N) is 1. The largest absolute Gasteiger partial charge is 0.369 e. The maximum atomic E-state index is 8.69. The lowest BCUT2D eigenvalue weighted by Gasteiger charge is -2.00. The van der Waals surface area contributed by atoms with E-state index in [2.05, 4.69) is 36.5 Å². The molecule has 1 heterocycles. The Morgan fingerprint density at radius 3 is 3.17 bits per heavy atom. The Morgan fingerprint density at radius 1 is 1.58 bits per heavy atom. The Labute approximate surface area is 71.8 Å². The molecule has 1 N–H and O–H groups in total. The highest BCUT2D eigenvalue weighted by molar-refractivity contribution is 5.59. The summed E-state index contributed by atoms with van der Waals surface area (Å²) in [6, 6.07) is 8.46. The molecule has 0 bridgehead atoms. The normalized spacial score (nSPS) is 19.5. The van der Waals surface area contributed by atoms with Gasteiger partial charge in [-0.05, 0) is 24.1 Å². The van der Waals surface area contributed by atoms with E-state index in [0.717, 1.165) is 12.1 Å². The summed E-state index contributed by atoms with van der Waals surface area (Å²) in [6.45, 7) is 2.06. The van der Waals surface area contributed by atoms with Crippen molar-refractivity contribution >= 4 is 5.69 Å². The van der Waals surface area contributed by atoms with Crippen molar-refractivity contribution in [2.45, 2.75) is 19.4 Å². The zero-order chi connectivity index (χ0) is 8.55. The van der Waals surface area contributed by atoms with Gasteiger partial charge in [0, 0.05) is 12.1 Å². The van der Waals surface area contributed by atoms with Gasteiger partial charge in [0.1, 0.15) is 6.04 Å². The second kappa shape index (κ2) is 2.53. The number of aryl methyl sites for hydroxylation is 1. The van der Waals surface area contributed by atoms with Crippen LogP contribution in [0.1, 0.15) is 11.1 Å². The molecule has 0 saturated heterocycles. The van der Waals surface area contributed by atoms with Crippen molar-refractivity contribution in [1.82, 2.24) is 0 Å². The third-order valence-electron chi connectivity index (χ3n) is 2.17. The van der Waals surface area contributed by atoms with E-state index in [-0.39, 0.29) is 6.04 Å². The van der Waals surface area contributed by atoms with Gasteiger partial charge in [-0.2, -0.15) is 5.26 Å². The number of rotatable bonds is 0. The van der Waals surface area contributed by atoms with Crippen molar-refractivity contribution in [3.05, 3.63) is 29.3 Å². The lowest BCUT2D eigenvalue weighted by Crippen LogP contribution is -2.11. The number of benzene rings is 1. The highest BCUT2D eigenvalue weighted by Crippen LogP contribution is 2.26. The van der Waals surface area contributed by atoms with Gasteiger partial charge in [-0.1, -0.05) is 12.1 Å². The van der Waals surface area contributed by atoms with Crippen LogP contribution < -0.4 is 5.32 Å². The lowest BCUT2D eigenvalue weighted by molar-refractivity contribution is 0.937. The van der Waals surface area contributed by atoms with E-state index in [1.54, 1.807) is 0 Å². The van der Waals surface area contributed by atoms with Crippen LogP contribution in [0.25, 0.3) is 0 Å². The molecule has 1 aromatic carbocycles. The van der Waals surface area contributed by atoms with Gasteiger partial charge in [-0.3, -0.25) is 0 Å². The van der Waals surface area contributed by atoms with Crippen LogP contribution in [0.4, 0.5) is 5.69 Å². The molecule has 1 aliphatic rings. The molecule has 60 valence electrons. The first-order valence-electron chi connectivity index (χ1n) is 4.05. The maximum absolute atomic E-state index is 8.69. The Balaban J connectivity index is 2.37. The molecule has 0 spiro atoms. The zero-order valence-corrected chi connectivity index (χ0v) is 6.96. The van der Waals surface area contributed by atoms with Gasteiger partial charge in [-0.15, -0.1) is 0 Å². The average Bonchev–Trinajstić information content (AvgIpc) is 2.46. The molecule has 2 nitrogen and oxygen atoms in total. The molecule has 0 saturated carbocycles. The molecule has 1 aliphatic heterocycles. The van der Waals surface area contributed by atoms with E-state index in [1.165, 1.54) is 11.1 Å². The third kappa shape index (κ3) is 1.04. The molecule has 0 amide bonds. The van der Waals surface area contributed by atoms with Crippen molar-refractivity contribution in [2.75, 3.05) is 5.32 Å². The molecule has 1 aromatic rings. The van der Waals surface area contributed by atoms with Crippen molar-refractivity contribution < 1.29 is 0 Å². The lowest BCUT2D eigenvalue weighted by atomic mass is 10.1. The minimum atomic E-state index is -0.0261. The highest BCUT2D eigenvalue weighted by atomic mass is 14.9. The molecule has 12 heavy (non-hydrogen) atoms. The number of hydrogen-bond acceptors (Lipinski definition) is 2. The molecule has 2 heteroatoms. The van der Waals surface area contributed by atoms with E-state index in [9.17, 15) is 0 Å². The highest BCUT2D eigenvalue weighted by Gasteiger charge is 2.18. The van der Waals surface area contributed by atoms with Crippen LogP contribution in [-0.4, -0.2) is 6.04 Å². The van der Waals surface area contributed by atoms with Crippen molar-refractivity contribution in [3.8, 4) is 6.07 Å². The molecule has 1 atom stereocenters. The summed E-state index contributed by atoms with van der Waals surface area (Å²) < 4.78 is 0. The minimum Gasteiger partial charge on any atom is -0.369 e. The smallest absolute Gasteiger partial charge is 0.118 e. The zero-order valence-electron chi connectivity index (χ0n) is 6.96. The van der Waals surface area contributed by atoms with Crippen LogP contribution >= 0.6 is 0 Å². The molecular weight excluding hydrogens is 148 g/mol. The number of hydrogen-bond donors (Lipinski definition) is 1. The summed E-state index contributed by atoms with van der Waals surface area (Å²) in [5, 5.41) is 11.9. The van der Waals surface area contributed by atoms with Gasteiger partial charge in [0.2, 0.25) is 0 Å². The topological polar surface area (TPSA) is 35.8 Å². The monoisotopic (exact) mass is 158 g/mol. The van der Waals surface area contributed by atoms with Crippen LogP contribution in [0.5, 0.6) is 0 Å². The molecule has 0 aromatic heterocycles. The fourth-order valence-electron chi connectivity index (χ4n) is 1.54. The maximum Gasteiger partial charge on any atom is 0.118 e. The van der Waals surface area contributed by atoms with Crippen LogP contribution in [0, 0.1) is 18.3 Å². The van der Waals surface area contributed by atoms with E-state index >= 15 is 0 Å². The quantitative estimate of drug-likeness (QED) is 0.625. The van der Waals surface area contributed by atoms with E-state index in [4.69, 9.17) is 5.26 Å². The predicted molar refractivity (Wildman–Crippen MR) is 47.9 cm³/mol. The first kappa shape index (κ1) is 7.17. The molecule has 1 unspecified atom stereocenters. The average molecular weight is 158 g/mol. The first-order valence-corrected chi connectivity index (χ1v) is 4.05. The van der Waals surface area contributed by atoms with Crippen molar-refractivity contribution in [2.24, 2.45) is 0 Å². The fraction of sp³-hybridized carbons (Fsp3) is 0.300. The van der Waals surface area contributed by atoms with Crippen LogP contribution in [0.3, 0.4) is 0 Å². The van der Waals surface area contributed by atoms with Crippen molar-refractivity contribution in [3.63, 3.8) is 0 Å². The van der Waals surface area contributed by atoms with E-state index < -0.39 is 0 Å². The molecule has 0 radical (unpaired) electrons. The SMILES string of the molecule is Cc1ccc2c(c1)NC(C#N)C2. The summed E-state index contributed by atoms with van der Waals surface area (Å²) in [4.78, 5) is 0. The summed E-state index contributed by atoms with van der Waals surface area (Å²) in [7, 11) is 0. The fourth-order valence-corrected chi connectivity index (χ4v) is 1.54. The third-order valence-corrected chi connectivity index (χ3v) is 2.17. The number of anilines is 1. The Morgan fingerprint density at radius 2 is 2.42 bits per heavy atom. The van der Waals surface area contributed by atoms with Crippen LogP contribution in [-0.2, 0) is 6.42 Å². The molecule has 2 rings (SSSR count). The Bertz CT molecular complexity index is 349. The Kier molecular flexibility index (Phi) is 1.51. The number of nitriles is 1. The molecule has 0 fully saturated rings. The number of fused-ring (bicyclic) bond motifs is 1. The number of nitrogens with one attached hydrogen (secondary N) is 1. The predicted octanol–water partition coefficient (Wildman–Crippen LogP) is 1.86. The van der Waals surface area contributed by atoms with Crippen LogP contribution in [0.2, 0.25) is 0 Å². The summed E-state index contributed by atoms with van der Waals surface area (Å²) >= 11 is 0. The minimum absolute atomic E-state index is 0.0261.